The van der Waals surface area contributed by atoms with Crippen LogP contribution < -0.4 is 4.90 Å². The smallest absolute Gasteiger partial charge is 0.235 e. The molecule has 0 aromatic heterocycles. The Morgan fingerprint density at radius 1 is 1.24 bits per heavy atom. The van der Waals surface area contributed by atoms with Gasteiger partial charge in [0.2, 0.25) is 5.24 Å². The van der Waals surface area contributed by atoms with Crippen LogP contribution in [0.3, 0.4) is 0 Å². The summed E-state index contributed by atoms with van der Waals surface area (Å²) < 4.78 is 0. The van der Waals surface area contributed by atoms with E-state index in [1.54, 1.807) is 0 Å². The molecule has 0 N–H and O–H groups in total. The van der Waals surface area contributed by atoms with Crippen LogP contribution in [0, 0.1) is 0 Å². The summed E-state index contributed by atoms with van der Waals surface area (Å²) in [6.45, 7) is 3.83. The summed E-state index contributed by atoms with van der Waals surface area (Å²) in [6.07, 6.45) is 0. The molecule has 1 fully saturated rings. The predicted octanol–water partition coefficient (Wildman–Crippen LogP) is 2.23. The van der Waals surface area contributed by atoms with E-state index in [0.29, 0.717) is 6.54 Å². The molecule has 0 amide bonds. The number of nitrogens with zero attached hydrogens (tertiary/aromatic N) is 2. The van der Waals surface area contributed by atoms with Gasteiger partial charge in [-0.2, -0.15) is 0 Å². The SMILES string of the molecule is O=C(Cl)CN1CCN(c2cccc(Cl)c2)CC1. The average Bonchev–Trinajstić information content (AvgIpc) is 2.29. The Morgan fingerprint density at radius 3 is 2.53 bits per heavy atom. The monoisotopic (exact) mass is 272 g/mol. The zero-order valence-electron chi connectivity index (χ0n) is 9.40. The normalized spacial score (nSPS) is 17.2. The van der Waals surface area contributed by atoms with E-state index in [9.17, 15) is 4.79 Å². The van der Waals surface area contributed by atoms with Gasteiger partial charge < -0.3 is 4.90 Å². The minimum absolute atomic E-state index is 0.291. The zero-order valence-corrected chi connectivity index (χ0v) is 10.9. The average molecular weight is 273 g/mol. The van der Waals surface area contributed by atoms with Crippen molar-refractivity contribution in [2.75, 3.05) is 37.6 Å². The fourth-order valence-corrected chi connectivity index (χ4v) is 2.37. The Morgan fingerprint density at radius 2 is 1.94 bits per heavy atom. The summed E-state index contributed by atoms with van der Waals surface area (Å²) in [5.74, 6) is 0. The molecular formula is C12H14Cl2N2O. The van der Waals surface area contributed by atoms with Crippen LogP contribution in [-0.4, -0.2) is 42.9 Å². The molecule has 1 aromatic rings. The highest BCUT2D eigenvalue weighted by Gasteiger charge is 2.18. The summed E-state index contributed by atoms with van der Waals surface area (Å²) in [5, 5.41) is 0.460. The largest absolute Gasteiger partial charge is 0.369 e. The molecule has 17 heavy (non-hydrogen) atoms. The van der Waals surface area contributed by atoms with Crippen molar-refractivity contribution in [3.05, 3.63) is 29.3 Å². The molecule has 92 valence electrons. The molecule has 0 radical (unpaired) electrons. The topological polar surface area (TPSA) is 23.6 Å². The van der Waals surface area contributed by atoms with E-state index >= 15 is 0 Å². The molecule has 0 spiro atoms. The van der Waals surface area contributed by atoms with Crippen molar-refractivity contribution in [1.82, 2.24) is 4.90 Å². The Balaban J connectivity index is 1.93. The van der Waals surface area contributed by atoms with E-state index in [4.69, 9.17) is 23.2 Å². The lowest BCUT2D eigenvalue weighted by molar-refractivity contribution is -0.112. The van der Waals surface area contributed by atoms with Gasteiger partial charge in [-0.15, -0.1) is 0 Å². The minimum Gasteiger partial charge on any atom is -0.369 e. The van der Waals surface area contributed by atoms with Gasteiger partial charge in [0.25, 0.3) is 0 Å². The lowest BCUT2D eigenvalue weighted by Gasteiger charge is -2.35. The van der Waals surface area contributed by atoms with E-state index in [-0.39, 0.29) is 5.24 Å². The van der Waals surface area contributed by atoms with Gasteiger partial charge in [0.1, 0.15) is 0 Å². The molecule has 0 aliphatic carbocycles. The van der Waals surface area contributed by atoms with Crippen molar-refractivity contribution in [1.29, 1.82) is 0 Å². The van der Waals surface area contributed by atoms with Gasteiger partial charge in [0.05, 0.1) is 6.54 Å². The molecular weight excluding hydrogens is 259 g/mol. The van der Waals surface area contributed by atoms with E-state index < -0.39 is 0 Å². The van der Waals surface area contributed by atoms with Gasteiger partial charge in [0.15, 0.2) is 0 Å². The number of anilines is 1. The fourth-order valence-electron chi connectivity index (χ4n) is 2.01. The minimum atomic E-state index is -0.291. The molecule has 1 aromatic carbocycles. The Kier molecular flexibility index (Phi) is 4.26. The van der Waals surface area contributed by atoms with Gasteiger partial charge >= 0.3 is 0 Å². The van der Waals surface area contributed by atoms with Crippen LogP contribution in [0.15, 0.2) is 24.3 Å². The maximum absolute atomic E-state index is 10.8. The quantitative estimate of drug-likeness (QED) is 0.789. The van der Waals surface area contributed by atoms with Crippen LogP contribution in [0.1, 0.15) is 0 Å². The predicted molar refractivity (Wildman–Crippen MR) is 71.0 cm³/mol. The van der Waals surface area contributed by atoms with Crippen molar-refractivity contribution in [2.45, 2.75) is 0 Å². The fraction of sp³-hybridized carbons (Fsp3) is 0.417. The number of piperazine rings is 1. The highest BCUT2D eigenvalue weighted by molar-refractivity contribution is 6.64. The molecule has 1 saturated heterocycles. The Hall–Kier alpha value is -0.770. The summed E-state index contributed by atoms with van der Waals surface area (Å²) >= 11 is 11.3. The zero-order chi connectivity index (χ0) is 12.3. The van der Waals surface area contributed by atoms with E-state index in [0.717, 1.165) is 36.9 Å². The number of hydrogen-bond acceptors (Lipinski definition) is 3. The van der Waals surface area contributed by atoms with Crippen LogP contribution in [0.25, 0.3) is 0 Å². The van der Waals surface area contributed by atoms with Crippen LogP contribution in [0.2, 0.25) is 5.02 Å². The molecule has 0 unspecified atom stereocenters. The first kappa shape index (κ1) is 12.7. The van der Waals surface area contributed by atoms with Crippen LogP contribution in [0.5, 0.6) is 0 Å². The Labute approximate surface area is 111 Å². The van der Waals surface area contributed by atoms with Gasteiger partial charge in [-0.05, 0) is 29.8 Å². The van der Waals surface area contributed by atoms with E-state index in [1.165, 1.54) is 0 Å². The van der Waals surface area contributed by atoms with Crippen LogP contribution >= 0.6 is 23.2 Å². The standard InChI is InChI=1S/C12H14Cl2N2O/c13-10-2-1-3-11(8-10)16-6-4-15(5-7-16)9-12(14)17/h1-3,8H,4-7,9H2. The number of rotatable bonds is 3. The third kappa shape index (κ3) is 3.60. The lowest BCUT2D eigenvalue weighted by Crippen LogP contribution is -2.47. The molecule has 1 aliphatic rings. The maximum Gasteiger partial charge on any atom is 0.235 e. The number of hydrogen-bond donors (Lipinski definition) is 0. The molecule has 0 bridgehead atoms. The number of benzene rings is 1. The molecule has 0 atom stereocenters. The van der Waals surface area contributed by atoms with Gasteiger partial charge in [-0.25, -0.2) is 0 Å². The highest BCUT2D eigenvalue weighted by atomic mass is 35.5. The molecule has 3 nitrogen and oxygen atoms in total. The van der Waals surface area contributed by atoms with Crippen molar-refractivity contribution >= 4 is 34.1 Å². The third-order valence-electron chi connectivity index (χ3n) is 2.89. The second kappa shape index (κ2) is 5.71. The third-order valence-corrected chi connectivity index (χ3v) is 3.25. The molecule has 1 aliphatic heterocycles. The van der Waals surface area contributed by atoms with Gasteiger partial charge in [-0.3, -0.25) is 9.69 Å². The first-order chi connectivity index (χ1) is 8.15. The van der Waals surface area contributed by atoms with Crippen molar-refractivity contribution < 1.29 is 4.79 Å². The summed E-state index contributed by atoms with van der Waals surface area (Å²) in [7, 11) is 0. The second-order valence-electron chi connectivity index (χ2n) is 4.10. The van der Waals surface area contributed by atoms with E-state index in [1.807, 2.05) is 24.3 Å². The van der Waals surface area contributed by atoms with Crippen molar-refractivity contribution in [3.8, 4) is 0 Å². The van der Waals surface area contributed by atoms with Gasteiger partial charge in [-0.1, -0.05) is 17.7 Å². The molecule has 5 heteroatoms. The number of halogens is 2. The summed E-state index contributed by atoms with van der Waals surface area (Å²) in [4.78, 5) is 15.1. The number of carbonyl (C=O) groups is 1. The second-order valence-corrected chi connectivity index (χ2v) is 4.96. The van der Waals surface area contributed by atoms with Crippen molar-refractivity contribution in [2.24, 2.45) is 0 Å². The van der Waals surface area contributed by atoms with E-state index in [2.05, 4.69) is 9.80 Å². The lowest BCUT2D eigenvalue weighted by atomic mass is 10.2. The summed E-state index contributed by atoms with van der Waals surface area (Å²) in [5.41, 5.74) is 1.13. The van der Waals surface area contributed by atoms with Gasteiger partial charge in [0, 0.05) is 36.9 Å². The van der Waals surface area contributed by atoms with Crippen LogP contribution in [0.4, 0.5) is 5.69 Å². The van der Waals surface area contributed by atoms with Crippen molar-refractivity contribution in [3.63, 3.8) is 0 Å². The summed E-state index contributed by atoms with van der Waals surface area (Å²) in [6, 6.07) is 7.83. The Bertz CT molecular complexity index is 403. The highest BCUT2D eigenvalue weighted by Crippen LogP contribution is 2.20. The molecule has 0 saturated carbocycles. The first-order valence-corrected chi connectivity index (χ1v) is 6.32. The molecule has 2 rings (SSSR count). The maximum atomic E-state index is 10.8. The number of carbonyl (C=O) groups excluding carboxylic acids is 1. The molecule has 1 heterocycles. The van der Waals surface area contributed by atoms with Crippen LogP contribution in [-0.2, 0) is 4.79 Å². The first-order valence-electron chi connectivity index (χ1n) is 5.56.